The number of nitrogens with zero attached hydrogens (tertiary/aromatic N) is 2. The fourth-order valence-corrected chi connectivity index (χ4v) is 8.92. The Kier molecular flexibility index (Phi) is 15.6. The molecule has 2 aromatic carbocycles. The van der Waals surface area contributed by atoms with Crippen LogP contribution in [0.4, 0.5) is 11.4 Å². The number of benzene rings is 2. The smallest absolute Gasteiger partial charge is 0.258 e. The molecule has 14 heteroatoms. The zero-order chi connectivity index (χ0) is 42.3. The van der Waals surface area contributed by atoms with Gasteiger partial charge >= 0.3 is 0 Å². The average Bonchev–Trinajstić information content (AvgIpc) is 3.82. The van der Waals surface area contributed by atoms with Crippen molar-refractivity contribution in [2.75, 3.05) is 58.6 Å². The van der Waals surface area contributed by atoms with E-state index in [4.69, 9.17) is 39.6 Å². The molecule has 2 aliphatic rings. The van der Waals surface area contributed by atoms with Gasteiger partial charge in [0.1, 0.15) is 11.5 Å². The molecule has 0 unspecified atom stereocenters. The molecular weight excluding hydrogens is 757 g/mol. The molecular formula is C43H72N4O8Si2. The second kappa shape index (κ2) is 19.2. The van der Waals surface area contributed by atoms with Crippen LogP contribution in [0, 0.1) is 0 Å². The third kappa shape index (κ3) is 11.5. The van der Waals surface area contributed by atoms with Gasteiger partial charge in [0, 0.05) is 24.8 Å². The summed E-state index contributed by atoms with van der Waals surface area (Å²) < 4.78 is 24.3. The Bertz CT molecular complexity index is 1570. The van der Waals surface area contributed by atoms with Crippen LogP contribution in [0.25, 0.3) is 0 Å². The van der Waals surface area contributed by atoms with E-state index in [9.17, 15) is 9.59 Å². The Morgan fingerprint density at radius 1 is 0.684 bits per heavy atom. The number of hydrogen-bond donors (Lipinski definition) is 2. The Balaban J connectivity index is 1.26. The predicted octanol–water partition coefficient (Wildman–Crippen LogP) is 8.84. The van der Waals surface area contributed by atoms with Crippen molar-refractivity contribution in [1.29, 1.82) is 0 Å². The van der Waals surface area contributed by atoms with Crippen LogP contribution in [0.15, 0.2) is 24.3 Å². The van der Waals surface area contributed by atoms with Gasteiger partial charge in [0.05, 0.1) is 62.9 Å². The van der Waals surface area contributed by atoms with Gasteiger partial charge in [-0.15, -0.1) is 0 Å². The molecule has 2 saturated heterocycles. The normalized spacial score (nSPS) is 18.0. The SMILES string of the molecule is COc1cc(CCCCCOOc2cc(OC)c(C(=O)N3CCC[C@H]3CO[Si](C)(C)C(C)(C)C)cc2N)c(N)cc1C(=O)N1CCC[C@H]1CO[Si](C)(C)C(C)(C)C. The Labute approximate surface area is 344 Å². The van der Waals surface area contributed by atoms with Crippen molar-refractivity contribution in [3.8, 4) is 17.2 Å². The third-order valence-electron chi connectivity index (χ3n) is 12.7. The van der Waals surface area contributed by atoms with Crippen molar-refractivity contribution < 1.29 is 37.7 Å². The van der Waals surface area contributed by atoms with E-state index in [1.54, 1.807) is 25.3 Å². The van der Waals surface area contributed by atoms with Crippen molar-refractivity contribution in [3.05, 3.63) is 41.0 Å². The number of nitrogen functional groups attached to an aromatic ring is 2. The molecule has 0 saturated carbocycles. The number of carbonyl (C=O) groups is 2. The fourth-order valence-electron chi connectivity index (χ4n) is 6.84. The van der Waals surface area contributed by atoms with Crippen LogP contribution in [0.2, 0.25) is 36.3 Å². The quantitative estimate of drug-likeness (QED) is 0.0491. The van der Waals surface area contributed by atoms with E-state index in [0.717, 1.165) is 56.9 Å². The molecule has 4 rings (SSSR count). The van der Waals surface area contributed by atoms with Gasteiger partial charge in [-0.2, -0.15) is 4.89 Å². The summed E-state index contributed by atoms with van der Waals surface area (Å²) in [5.74, 6) is 1.01. The molecule has 0 spiro atoms. The molecule has 0 bridgehead atoms. The summed E-state index contributed by atoms with van der Waals surface area (Å²) in [5, 5.41) is 0.198. The minimum atomic E-state index is -1.95. The van der Waals surface area contributed by atoms with Crippen LogP contribution in [-0.2, 0) is 20.2 Å². The molecule has 2 aromatic rings. The highest BCUT2D eigenvalue weighted by Crippen LogP contribution is 2.39. The van der Waals surface area contributed by atoms with Gasteiger partial charge in [0.2, 0.25) is 0 Å². The third-order valence-corrected chi connectivity index (χ3v) is 21.7. The van der Waals surface area contributed by atoms with Gasteiger partial charge in [-0.1, -0.05) is 48.0 Å². The van der Waals surface area contributed by atoms with Gasteiger partial charge < -0.3 is 44.5 Å². The molecule has 2 aliphatic heterocycles. The van der Waals surface area contributed by atoms with E-state index in [-0.39, 0.29) is 34.0 Å². The van der Waals surface area contributed by atoms with E-state index in [2.05, 4.69) is 67.7 Å². The first-order chi connectivity index (χ1) is 26.6. The molecule has 12 nitrogen and oxygen atoms in total. The van der Waals surface area contributed by atoms with Gasteiger partial charge in [-0.05, 0) is 105 Å². The second-order valence-electron chi connectivity index (χ2n) is 18.8. The first kappa shape index (κ1) is 46.4. The maximum absolute atomic E-state index is 13.8. The highest BCUT2D eigenvalue weighted by Gasteiger charge is 2.41. The molecule has 2 heterocycles. The summed E-state index contributed by atoms with van der Waals surface area (Å²) in [6, 6.07) is 6.93. The summed E-state index contributed by atoms with van der Waals surface area (Å²) in [6.07, 6.45) is 6.87. The molecule has 2 fully saturated rings. The summed E-state index contributed by atoms with van der Waals surface area (Å²) in [6.45, 7) is 25.1. The predicted molar refractivity (Wildman–Crippen MR) is 233 cm³/mol. The summed E-state index contributed by atoms with van der Waals surface area (Å²) in [7, 11) is -0.772. The highest BCUT2D eigenvalue weighted by molar-refractivity contribution is 6.74. The lowest BCUT2D eigenvalue weighted by Crippen LogP contribution is -2.46. The van der Waals surface area contributed by atoms with Gasteiger partial charge in [-0.3, -0.25) is 9.59 Å². The minimum Gasteiger partial charge on any atom is -0.496 e. The lowest BCUT2D eigenvalue weighted by atomic mass is 10.0. The Morgan fingerprint density at radius 3 is 1.63 bits per heavy atom. The maximum atomic E-state index is 13.8. The first-order valence-corrected chi connectivity index (χ1v) is 26.6. The lowest BCUT2D eigenvalue weighted by Gasteiger charge is -2.38. The molecule has 320 valence electrons. The number of unbranched alkanes of at least 4 members (excludes halogenated alkanes) is 2. The number of aryl methyl sites for hydroxylation is 1. The van der Waals surface area contributed by atoms with E-state index in [1.165, 1.54) is 7.11 Å². The largest absolute Gasteiger partial charge is 0.496 e. The second-order valence-corrected chi connectivity index (χ2v) is 28.4. The first-order valence-electron chi connectivity index (χ1n) is 20.7. The van der Waals surface area contributed by atoms with Gasteiger partial charge in [0.25, 0.3) is 11.8 Å². The summed E-state index contributed by atoms with van der Waals surface area (Å²) in [5.41, 5.74) is 15.6. The average molecular weight is 829 g/mol. The molecule has 2 amide bonds. The molecule has 0 aliphatic carbocycles. The monoisotopic (exact) mass is 828 g/mol. The minimum absolute atomic E-state index is 0.00471. The van der Waals surface area contributed by atoms with Gasteiger partial charge in [-0.25, -0.2) is 0 Å². The number of rotatable bonds is 18. The molecule has 2 atom stereocenters. The topological polar surface area (TPSA) is 148 Å². The number of anilines is 2. The molecule has 4 N–H and O–H groups in total. The Hall–Kier alpha value is -3.31. The number of carbonyl (C=O) groups excluding carboxylic acids is 2. The molecule has 0 aromatic heterocycles. The van der Waals surface area contributed by atoms with E-state index in [0.29, 0.717) is 72.7 Å². The number of likely N-dealkylation sites (tertiary alicyclic amines) is 2. The van der Waals surface area contributed by atoms with Crippen LogP contribution in [0.5, 0.6) is 17.2 Å². The van der Waals surface area contributed by atoms with E-state index >= 15 is 0 Å². The summed E-state index contributed by atoms with van der Waals surface area (Å²) in [4.78, 5) is 42.5. The van der Waals surface area contributed by atoms with Crippen LogP contribution in [0.3, 0.4) is 0 Å². The number of amides is 2. The zero-order valence-corrected chi connectivity index (χ0v) is 39.0. The Morgan fingerprint density at radius 2 is 1.16 bits per heavy atom. The van der Waals surface area contributed by atoms with Crippen molar-refractivity contribution >= 4 is 39.8 Å². The highest BCUT2D eigenvalue weighted by atomic mass is 28.4. The van der Waals surface area contributed by atoms with E-state index in [1.807, 2.05) is 15.9 Å². The van der Waals surface area contributed by atoms with Crippen LogP contribution >= 0.6 is 0 Å². The maximum Gasteiger partial charge on any atom is 0.258 e. The van der Waals surface area contributed by atoms with Crippen LogP contribution in [-0.4, -0.2) is 97.5 Å². The number of ether oxygens (including phenoxy) is 2. The molecule has 0 radical (unpaired) electrons. The standard InChI is InChI=1S/C43H72N4O8Si2/c1-42(2,3)56(9,10)53-28-31-19-16-21-46(31)40(48)33-25-35(44)30(24-37(33)50-7)18-14-13-15-23-52-55-39-27-38(51-8)34(26-36(39)45)41(49)47-22-17-20-32(47)29-54-57(11,12)43(4,5)6/h24-27,31-32H,13-23,28-29,44-45H2,1-12H3/t31-,32-/m0/s1. The van der Waals surface area contributed by atoms with E-state index < -0.39 is 16.6 Å². The van der Waals surface area contributed by atoms with Gasteiger partial charge in [0.15, 0.2) is 22.4 Å². The number of nitrogens with two attached hydrogens (primary N) is 2. The van der Waals surface area contributed by atoms with Crippen molar-refractivity contribution in [1.82, 2.24) is 9.80 Å². The lowest BCUT2D eigenvalue weighted by molar-refractivity contribution is -0.206. The van der Waals surface area contributed by atoms with Crippen LogP contribution in [0.1, 0.15) is 113 Å². The van der Waals surface area contributed by atoms with Crippen LogP contribution < -0.4 is 25.8 Å². The zero-order valence-electron chi connectivity index (χ0n) is 37.0. The van der Waals surface area contributed by atoms with Crippen molar-refractivity contribution in [2.24, 2.45) is 0 Å². The summed E-state index contributed by atoms with van der Waals surface area (Å²) >= 11 is 0. The van der Waals surface area contributed by atoms with Crippen molar-refractivity contribution in [3.63, 3.8) is 0 Å². The number of methoxy groups -OCH3 is 2. The molecule has 57 heavy (non-hydrogen) atoms. The fraction of sp³-hybridized carbons (Fsp3) is 0.674. The number of hydrogen-bond acceptors (Lipinski definition) is 10. The van der Waals surface area contributed by atoms with Crippen molar-refractivity contribution in [2.45, 2.75) is 141 Å².